The van der Waals surface area contributed by atoms with Gasteiger partial charge in [-0.05, 0) is 25.1 Å². The summed E-state index contributed by atoms with van der Waals surface area (Å²) in [5.74, 6) is -1.40. The number of halogens is 1. The van der Waals surface area contributed by atoms with E-state index in [-0.39, 0.29) is 22.5 Å². The van der Waals surface area contributed by atoms with Crippen molar-refractivity contribution in [2.75, 3.05) is 12.3 Å². The van der Waals surface area contributed by atoms with Gasteiger partial charge in [0.15, 0.2) is 6.61 Å². The van der Waals surface area contributed by atoms with Crippen molar-refractivity contribution >= 4 is 33.4 Å². The summed E-state index contributed by atoms with van der Waals surface area (Å²) in [7, 11) is 0. The fourth-order valence-electron chi connectivity index (χ4n) is 1.36. The summed E-state index contributed by atoms with van der Waals surface area (Å²) in [6, 6.07) is 6.36. The Morgan fingerprint density at radius 3 is 2.65 bits per heavy atom. The first-order valence-electron chi connectivity index (χ1n) is 5.48. The van der Waals surface area contributed by atoms with Gasteiger partial charge in [0, 0.05) is 15.9 Å². The summed E-state index contributed by atoms with van der Waals surface area (Å²) >= 11 is 3.20. The van der Waals surface area contributed by atoms with Gasteiger partial charge in [-0.2, -0.15) is 5.26 Å². The van der Waals surface area contributed by atoms with Crippen molar-refractivity contribution in [3.63, 3.8) is 0 Å². The number of benzene rings is 1. The van der Waals surface area contributed by atoms with Crippen molar-refractivity contribution in [3.05, 3.63) is 39.5 Å². The van der Waals surface area contributed by atoms with Gasteiger partial charge in [-0.1, -0.05) is 15.9 Å². The molecule has 0 spiro atoms. The smallest absolute Gasteiger partial charge is 0.340 e. The van der Waals surface area contributed by atoms with Crippen LogP contribution in [-0.4, -0.2) is 18.4 Å². The molecular weight excluding hydrogens is 326 g/mol. The Hall–Kier alpha value is -2.33. The van der Waals surface area contributed by atoms with E-state index in [2.05, 4.69) is 15.9 Å². The van der Waals surface area contributed by atoms with Crippen LogP contribution in [0.15, 0.2) is 33.9 Å². The predicted octanol–water partition coefficient (Wildman–Crippen LogP) is 1.51. The number of rotatable bonds is 4. The molecule has 1 rings (SSSR count). The van der Waals surface area contributed by atoms with Gasteiger partial charge in [0.05, 0.1) is 5.56 Å². The highest BCUT2D eigenvalue weighted by molar-refractivity contribution is 9.10. The monoisotopic (exact) mass is 337 g/mol. The van der Waals surface area contributed by atoms with Gasteiger partial charge in [0.1, 0.15) is 11.6 Å². The molecule has 0 aliphatic carbocycles. The van der Waals surface area contributed by atoms with Gasteiger partial charge < -0.3 is 16.2 Å². The second-order valence-electron chi connectivity index (χ2n) is 3.90. The lowest BCUT2D eigenvalue weighted by molar-refractivity contribution is -0.118. The molecule has 0 atom stereocenters. The van der Waals surface area contributed by atoms with Crippen LogP contribution in [-0.2, 0) is 9.53 Å². The third kappa shape index (κ3) is 3.83. The number of nitrogens with two attached hydrogens (primary N) is 2. The Bertz CT molecular complexity index is 628. The first kappa shape index (κ1) is 15.7. The van der Waals surface area contributed by atoms with E-state index in [9.17, 15) is 9.59 Å². The first-order valence-corrected chi connectivity index (χ1v) is 6.28. The molecule has 20 heavy (non-hydrogen) atoms. The third-order valence-electron chi connectivity index (χ3n) is 2.35. The number of nitrogen functional groups attached to an aromatic ring is 1. The van der Waals surface area contributed by atoms with E-state index in [1.54, 1.807) is 12.1 Å². The predicted molar refractivity (Wildman–Crippen MR) is 76.3 cm³/mol. The lowest BCUT2D eigenvalue weighted by Gasteiger charge is -2.07. The van der Waals surface area contributed by atoms with Gasteiger partial charge in [-0.15, -0.1) is 0 Å². The standard InChI is InChI=1S/C13H12BrN3O3/c1-7(16)10(5-15)12(18)6-20-13(19)9-4-8(14)2-3-11(9)17/h2-4H,6,16-17H2,1H3/b10-7+. The van der Waals surface area contributed by atoms with Crippen molar-refractivity contribution in [3.8, 4) is 6.07 Å². The molecule has 0 aromatic heterocycles. The van der Waals surface area contributed by atoms with E-state index >= 15 is 0 Å². The molecule has 0 aliphatic heterocycles. The minimum atomic E-state index is -0.746. The number of allylic oxidation sites excluding steroid dienone is 1. The molecule has 0 amide bonds. The van der Waals surface area contributed by atoms with Crippen molar-refractivity contribution in [2.24, 2.45) is 5.73 Å². The Morgan fingerprint density at radius 2 is 2.10 bits per heavy atom. The number of ketones is 1. The normalized spacial score (nSPS) is 11.2. The average molecular weight is 338 g/mol. The summed E-state index contributed by atoms with van der Waals surface area (Å²) in [5, 5.41) is 8.75. The van der Waals surface area contributed by atoms with Crippen LogP contribution in [0.4, 0.5) is 5.69 Å². The number of nitriles is 1. The van der Waals surface area contributed by atoms with Gasteiger partial charge in [-0.3, -0.25) is 4.79 Å². The molecule has 0 fully saturated rings. The van der Waals surface area contributed by atoms with Crippen molar-refractivity contribution in [2.45, 2.75) is 6.92 Å². The van der Waals surface area contributed by atoms with Gasteiger partial charge in [0.25, 0.3) is 0 Å². The maximum atomic E-state index is 11.8. The highest BCUT2D eigenvalue weighted by Gasteiger charge is 2.17. The van der Waals surface area contributed by atoms with E-state index in [1.807, 2.05) is 0 Å². The van der Waals surface area contributed by atoms with Crippen LogP contribution < -0.4 is 11.5 Å². The lowest BCUT2D eigenvalue weighted by atomic mass is 10.1. The lowest BCUT2D eigenvalue weighted by Crippen LogP contribution is -2.18. The molecule has 104 valence electrons. The topological polar surface area (TPSA) is 119 Å². The maximum absolute atomic E-state index is 11.8. The number of esters is 1. The average Bonchev–Trinajstić information content (AvgIpc) is 2.39. The molecule has 4 N–H and O–H groups in total. The fourth-order valence-corrected chi connectivity index (χ4v) is 1.72. The highest BCUT2D eigenvalue weighted by atomic mass is 79.9. The summed E-state index contributed by atoms with van der Waals surface area (Å²) in [4.78, 5) is 23.4. The van der Waals surface area contributed by atoms with Crippen LogP contribution in [0.3, 0.4) is 0 Å². The number of nitrogens with zero attached hydrogens (tertiary/aromatic N) is 1. The Labute approximate surface area is 124 Å². The number of carbonyl (C=O) groups excluding carboxylic acids is 2. The van der Waals surface area contributed by atoms with E-state index < -0.39 is 18.4 Å². The minimum absolute atomic E-state index is 0.0792. The minimum Gasteiger partial charge on any atom is -0.454 e. The van der Waals surface area contributed by atoms with Crippen LogP contribution in [0.2, 0.25) is 0 Å². The van der Waals surface area contributed by atoms with Crippen LogP contribution in [0.1, 0.15) is 17.3 Å². The molecular formula is C13H12BrN3O3. The molecule has 0 aliphatic rings. The number of hydrogen-bond donors (Lipinski definition) is 2. The van der Waals surface area contributed by atoms with Gasteiger partial charge >= 0.3 is 5.97 Å². The van der Waals surface area contributed by atoms with Crippen LogP contribution in [0.5, 0.6) is 0 Å². The molecule has 0 bridgehead atoms. The summed E-state index contributed by atoms with van der Waals surface area (Å²) < 4.78 is 5.48. The number of Topliss-reactive ketones (excluding diaryl/α,β-unsaturated/α-hetero) is 1. The van der Waals surface area contributed by atoms with Crippen LogP contribution in [0.25, 0.3) is 0 Å². The second kappa shape index (κ2) is 6.73. The molecule has 0 unspecified atom stereocenters. The zero-order valence-electron chi connectivity index (χ0n) is 10.6. The number of ether oxygens (including phenoxy) is 1. The quantitative estimate of drug-likeness (QED) is 0.372. The first-order chi connectivity index (χ1) is 9.36. The van der Waals surface area contributed by atoms with Gasteiger partial charge in [-0.25, -0.2) is 4.79 Å². The molecule has 7 heteroatoms. The largest absolute Gasteiger partial charge is 0.454 e. The maximum Gasteiger partial charge on any atom is 0.340 e. The van der Waals surface area contributed by atoms with Crippen molar-refractivity contribution in [1.29, 1.82) is 5.26 Å². The van der Waals surface area contributed by atoms with Crippen LogP contribution in [0, 0.1) is 11.3 Å². The SMILES string of the molecule is C/C(N)=C(/C#N)C(=O)COC(=O)c1cc(Br)ccc1N. The highest BCUT2D eigenvalue weighted by Crippen LogP contribution is 2.19. The summed E-state index contributed by atoms with van der Waals surface area (Å²) in [5.41, 5.74) is 11.2. The zero-order valence-corrected chi connectivity index (χ0v) is 12.2. The van der Waals surface area contributed by atoms with E-state index in [4.69, 9.17) is 21.5 Å². The Kier molecular flexibility index (Phi) is 5.29. The van der Waals surface area contributed by atoms with Crippen LogP contribution >= 0.6 is 15.9 Å². The molecule has 0 heterocycles. The number of hydrogen-bond acceptors (Lipinski definition) is 6. The van der Waals surface area contributed by atoms with E-state index in [0.29, 0.717) is 4.47 Å². The number of anilines is 1. The number of carbonyl (C=O) groups is 2. The van der Waals surface area contributed by atoms with Gasteiger partial charge in [0.2, 0.25) is 5.78 Å². The molecule has 0 saturated heterocycles. The molecule has 0 radical (unpaired) electrons. The van der Waals surface area contributed by atoms with E-state index in [1.165, 1.54) is 19.1 Å². The third-order valence-corrected chi connectivity index (χ3v) is 2.85. The molecule has 1 aromatic carbocycles. The van der Waals surface area contributed by atoms with Crippen molar-refractivity contribution < 1.29 is 14.3 Å². The second-order valence-corrected chi connectivity index (χ2v) is 4.82. The molecule has 1 aromatic rings. The molecule has 0 saturated carbocycles. The van der Waals surface area contributed by atoms with E-state index in [0.717, 1.165) is 0 Å². The summed E-state index contributed by atoms with van der Waals surface area (Å²) in [6.07, 6.45) is 0. The summed E-state index contributed by atoms with van der Waals surface area (Å²) in [6.45, 7) is 0.854. The van der Waals surface area contributed by atoms with Crippen molar-refractivity contribution in [1.82, 2.24) is 0 Å². The molecule has 6 nitrogen and oxygen atoms in total. The zero-order chi connectivity index (χ0) is 15.3. The Morgan fingerprint density at radius 1 is 1.45 bits per heavy atom. The Balaban J connectivity index is 2.79. The fraction of sp³-hybridized carbons (Fsp3) is 0.154.